The van der Waals surface area contributed by atoms with Crippen molar-refractivity contribution in [3.05, 3.63) is 58.6 Å². The molecule has 0 spiro atoms. The van der Waals surface area contributed by atoms with Crippen LogP contribution >= 0.6 is 11.6 Å². The van der Waals surface area contributed by atoms with Crippen molar-refractivity contribution in [1.82, 2.24) is 0 Å². The van der Waals surface area contributed by atoms with Crippen molar-refractivity contribution in [2.45, 2.75) is 27.3 Å². The summed E-state index contributed by atoms with van der Waals surface area (Å²) < 4.78 is 0. The van der Waals surface area contributed by atoms with Gasteiger partial charge in [-0.05, 0) is 62.7 Å². The second-order valence-corrected chi connectivity index (χ2v) is 6.23. The van der Waals surface area contributed by atoms with Crippen LogP contribution in [0.2, 0.25) is 5.02 Å². The van der Waals surface area contributed by atoms with Gasteiger partial charge in [0, 0.05) is 10.6 Å². The first kappa shape index (κ1) is 18.3. The van der Waals surface area contributed by atoms with E-state index in [9.17, 15) is 5.11 Å². The summed E-state index contributed by atoms with van der Waals surface area (Å²) in [7, 11) is 0. The molecule has 128 valence electrons. The van der Waals surface area contributed by atoms with Gasteiger partial charge in [-0.2, -0.15) is 5.10 Å². The third-order valence-corrected chi connectivity index (χ3v) is 4.35. The van der Waals surface area contributed by atoms with E-state index >= 15 is 0 Å². The third kappa shape index (κ3) is 4.98. The average molecular weight is 347 g/mol. The van der Waals surface area contributed by atoms with Crippen LogP contribution in [0.5, 0.6) is 5.75 Å². The smallest absolute Gasteiger partial charge is 0.124 e. The van der Waals surface area contributed by atoms with E-state index in [0.29, 0.717) is 10.8 Å². The van der Waals surface area contributed by atoms with Crippen LogP contribution in [0.4, 0.5) is 5.69 Å². The maximum absolute atomic E-state index is 10.1. The van der Waals surface area contributed by atoms with Gasteiger partial charge in [-0.15, -0.1) is 0 Å². The number of anilines is 1. The van der Waals surface area contributed by atoms with Gasteiger partial charge in [0.15, 0.2) is 0 Å². The minimum atomic E-state index is 0.341. The lowest BCUT2D eigenvalue weighted by molar-refractivity contribution is -0.910. The molecule has 0 aliphatic heterocycles. The molecular weight excluding hydrogens is 322 g/mol. The molecule has 4 nitrogen and oxygen atoms in total. The Morgan fingerprint density at radius 2 is 1.92 bits per heavy atom. The van der Waals surface area contributed by atoms with Crippen LogP contribution in [0.25, 0.3) is 0 Å². The Bertz CT molecular complexity index is 712. The Balaban J connectivity index is 2.16. The van der Waals surface area contributed by atoms with E-state index in [1.165, 1.54) is 4.90 Å². The predicted octanol–water partition coefficient (Wildman–Crippen LogP) is 3.31. The molecule has 2 rings (SSSR count). The normalized spacial score (nSPS) is 11.8. The molecule has 0 aliphatic rings. The first-order valence-corrected chi connectivity index (χ1v) is 8.63. The predicted molar refractivity (Wildman–Crippen MR) is 101 cm³/mol. The summed E-state index contributed by atoms with van der Waals surface area (Å²) >= 11 is 5.97. The Morgan fingerprint density at radius 1 is 1.17 bits per heavy atom. The average Bonchev–Trinajstić information content (AvgIpc) is 2.59. The van der Waals surface area contributed by atoms with Crippen molar-refractivity contribution in [3.8, 4) is 5.75 Å². The number of hydrazone groups is 1. The second-order valence-electron chi connectivity index (χ2n) is 5.80. The van der Waals surface area contributed by atoms with E-state index in [1.54, 1.807) is 6.07 Å². The van der Waals surface area contributed by atoms with Gasteiger partial charge in [-0.3, -0.25) is 5.43 Å². The maximum atomic E-state index is 10.1. The summed E-state index contributed by atoms with van der Waals surface area (Å²) in [6.45, 7) is 9.12. The molecule has 2 aromatic rings. The molecule has 0 unspecified atom stereocenters. The molecule has 0 saturated heterocycles. The largest absolute Gasteiger partial charge is 0.507 e. The molecule has 0 aromatic heterocycles. The lowest BCUT2D eigenvalue weighted by Crippen LogP contribution is -3.10. The zero-order valence-corrected chi connectivity index (χ0v) is 15.2. The van der Waals surface area contributed by atoms with Crippen LogP contribution in [-0.2, 0) is 6.54 Å². The minimum absolute atomic E-state index is 0.341. The number of hydrogen-bond donors (Lipinski definition) is 3. The summed E-state index contributed by atoms with van der Waals surface area (Å²) in [5, 5.41) is 15.2. The molecule has 0 heterocycles. The quantitative estimate of drug-likeness (QED) is 0.532. The van der Waals surface area contributed by atoms with Gasteiger partial charge >= 0.3 is 0 Å². The highest BCUT2D eigenvalue weighted by Crippen LogP contribution is 2.19. The number of aromatic hydroxyl groups is 1. The van der Waals surface area contributed by atoms with Crippen LogP contribution < -0.4 is 10.3 Å². The number of nitrogens with one attached hydrogen (secondary N) is 2. The molecule has 5 heteroatoms. The molecule has 0 atom stereocenters. The molecule has 0 bridgehead atoms. The Kier molecular flexibility index (Phi) is 6.64. The highest BCUT2D eigenvalue weighted by molar-refractivity contribution is 6.30. The lowest BCUT2D eigenvalue weighted by Gasteiger charge is -2.16. The van der Waals surface area contributed by atoms with Gasteiger partial charge in [-0.1, -0.05) is 17.7 Å². The van der Waals surface area contributed by atoms with E-state index in [-0.39, 0.29) is 0 Å². The topological polar surface area (TPSA) is 49.1 Å². The molecule has 0 radical (unpaired) electrons. The van der Waals surface area contributed by atoms with Gasteiger partial charge in [-0.25, -0.2) is 0 Å². The molecule has 0 amide bonds. The molecule has 0 fully saturated rings. The summed E-state index contributed by atoms with van der Waals surface area (Å²) in [6.07, 6.45) is 0. The molecule has 0 aliphatic carbocycles. The number of halogens is 1. The number of phenols is 1. The summed E-state index contributed by atoms with van der Waals surface area (Å²) in [4.78, 5) is 1.43. The Hall–Kier alpha value is -2.04. The van der Waals surface area contributed by atoms with E-state index in [4.69, 9.17) is 11.6 Å². The van der Waals surface area contributed by atoms with E-state index in [0.717, 1.165) is 42.2 Å². The molecule has 0 saturated carbocycles. The van der Waals surface area contributed by atoms with Gasteiger partial charge in [0.1, 0.15) is 12.3 Å². The van der Waals surface area contributed by atoms with Crippen molar-refractivity contribution in [2.75, 3.05) is 18.5 Å². The number of quaternary nitrogens is 1. The molecule has 2 aromatic carbocycles. The van der Waals surface area contributed by atoms with E-state index in [1.807, 2.05) is 43.3 Å². The zero-order chi connectivity index (χ0) is 17.5. The number of benzene rings is 2. The van der Waals surface area contributed by atoms with Crippen LogP contribution in [0, 0.1) is 0 Å². The van der Waals surface area contributed by atoms with Crippen molar-refractivity contribution >= 4 is 23.0 Å². The fourth-order valence-electron chi connectivity index (χ4n) is 2.49. The van der Waals surface area contributed by atoms with Crippen molar-refractivity contribution < 1.29 is 10.0 Å². The van der Waals surface area contributed by atoms with Gasteiger partial charge in [0.05, 0.1) is 24.5 Å². The number of hydrogen-bond acceptors (Lipinski definition) is 3. The fourth-order valence-corrected chi connectivity index (χ4v) is 2.68. The molecule has 24 heavy (non-hydrogen) atoms. The van der Waals surface area contributed by atoms with Crippen LogP contribution in [0.15, 0.2) is 47.6 Å². The standard InChI is InChI=1S/C19H24ClN3O/c1-4-23(5-2)13-16-11-15(9-10-19(16)24)14(3)21-22-18-8-6-7-17(20)12-18/h6-12,22,24H,4-5,13H2,1-3H3/p+1/b21-14+. The number of nitrogens with zero attached hydrogens (tertiary/aromatic N) is 1. The van der Waals surface area contributed by atoms with Crippen LogP contribution in [0.1, 0.15) is 31.9 Å². The van der Waals surface area contributed by atoms with Crippen molar-refractivity contribution in [1.29, 1.82) is 0 Å². The van der Waals surface area contributed by atoms with Crippen molar-refractivity contribution in [2.24, 2.45) is 5.10 Å². The SMILES string of the molecule is CC[NH+](CC)Cc1cc(/C(C)=N/Nc2cccc(Cl)c2)ccc1O. The fraction of sp³-hybridized carbons (Fsp3) is 0.316. The van der Waals surface area contributed by atoms with Crippen molar-refractivity contribution in [3.63, 3.8) is 0 Å². The summed E-state index contributed by atoms with van der Waals surface area (Å²) in [6, 6.07) is 13.1. The maximum Gasteiger partial charge on any atom is 0.124 e. The lowest BCUT2D eigenvalue weighted by atomic mass is 10.1. The number of phenolic OH excluding ortho intramolecular Hbond substituents is 1. The van der Waals surface area contributed by atoms with Gasteiger partial charge < -0.3 is 10.0 Å². The monoisotopic (exact) mass is 346 g/mol. The third-order valence-electron chi connectivity index (χ3n) is 4.12. The minimum Gasteiger partial charge on any atom is -0.507 e. The molecular formula is C19H25ClN3O+. The van der Waals surface area contributed by atoms with E-state index in [2.05, 4.69) is 24.4 Å². The van der Waals surface area contributed by atoms with Gasteiger partial charge in [0.2, 0.25) is 0 Å². The Morgan fingerprint density at radius 3 is 2.58 bits per heavy atom. The summed E-state index contributed by atoms with van der Waals surface area (Å²) in [5.74, 6) is 0.341. The highest BCUT2D eigenvalue weighted by atomic mass is 35.5. The highest BCUT2D eigenvalue weighted by Gasteiger charge is 2.11. The second kappa shape index (κ2) is 8.71. The Labute approximate surface area is 148 Å². The van der Waals surface area contributed by atoms with Gasteiger partial charge in [0.25, 0.3) is 0 Å². The number of rotatable bonds is 7. The zero-order valence-electron chi connectivity index (χ0n) is 14.4. The summed E-state index contributed by atoms with van der Waals surface area (Å²) in [5.41, 5.74) is 6.65. The van der Waals surface area contributed by atoms with Crippen LogP contribution in [-0.4, -0.2) is 23.9 Å². The first-order chi connectivity index (χ1) is 11.5. The first-order valence-electron chi connectivity index (χ1n) is 8.25. The van der Waals surface area contributed by atoms with E-state index < -0.39 is 0 Å². The molecule has 3 N–H and O–H groups in total. The van der Waals surface area contributed by atoms with Crippen LogP contribution in [0.3, 0.4) is 0 Å².